The van der Waals surface area contributed by atoms with Crippen LogP contribution in [-0.4, -0.2) is 58.6 Å². The van der Waals surface area contributed by atoms with Crippen LogP contribution in [0.4, 0.5) is 15.3 Å². The van der Waals surface area contributed by atoms with Gasteiger partial charge in [-0.15, -0.1) is 0 Å². The molecule has 2 aliphatic rings. The number of nitrogens with one attached hydrogen (secondary N) is 3. The van der Waals surface area contributed by atoms with E-state index in [4.69, 9.17) is 9.47 Å². The third-order valence-electron chi connectivity index (χ3n) is 7.54. The van der Waals surface area contributed by atoms with Crippen molar-refractivity contribution < 1.29 is 38.9 Å². The molecule has 11 nitrogen and oxygen atoms in total. The molecule has 2 fully saturated rings. The average molecular weight is 506 g/mol. The number of alkyl carbamates (subject to hydrolysis) is 1. The van der Waals surface area contributed by atoms with Gasteiger partial charge in [-0.2, -0.15) is 0 Å². The van der Waals surface area contributed by atoms with Crippen molar-refractivity contribution in [1.82, 2.24) is 10.6 Å². The molecule has 0 saturated heterocycles. The smallest absolute Gasteiger partial charge is 0.408 e. The quantitative estimate of drug-likeness (QED) is 0.359. The number of urea groups is 1. The molecule has 36 heavy (non-hydrogen) atoms. The fourth-order valence-corrected chi connectivity index (χ4v) is 6.14. The number of ether oxygens (including phenoxy) is 2. The van der Waals surface area contributed by atoms with Crippen LogP contribution in [0, 0.1) is 23.2 Å². The first-order valence-corrected chi connectivity index (χ1v) is 12.0. The van der Waals surface area contributed by atoms with Crippen molar-refractivity contribution >= 4 is 29.8 Å². The third-order valence-corrected chi connectivity index (χ3v) is 7.54. The number of rotatable bonds is 8. The summed E-state index contributed by atoms with van der Waals surface area (Å²) in [5.41, 5.74) is -3.59. The van der Waals surface area contributed by atoms with E-state index >= 15 is 0 Å². The Hall–Kier alpha value is -3.50. The second-order valence-corrected chi connectivity index (χ2v) is 10.4. The number of benzene rings is 1. The molecule has 0 aromatic heterocycles. The Bertz CT molecular complexity index is 1050. The van der Waals surface area contributed by atoms with Crippen molar-refractivity contribution in [3.05, 3.63) is 24.3 Å². The van der Waals surface area contributed by atoms with E-state index in [1.165, 1.54) is 7.11 Å². The Balaban J connectivity index is 2.01. The summed E-state index contributed by atoms with van der Waals surface area (Å²) >= 11 is 0. The van der Waals surface area contributed by atoms with E-state index in [9.17, 15) is 29.4 Å². The maximum Gasteiger partial charge on any atom is 0.408 e. The number of hydrogen-bond acceptors (Lipinski definition) is 6. The monoisotopic (exact) mass is 505 g/mol. The Morgan fingerprint density at radius 1 is 1.08 bits per heavy atom. The second kappa shape index (κ2) is 9.51. The van der Waals surface area contributed by atoms with E-state index in [-0.39, 0.29) is 12.8 Å². The summed E-state index contributed by atoms with van der Waals surface area (Å²) in [7, 11) is 1.50. The van der Waals surface area contributed by atoms with Crippen LogP contribution in [0.25, 0.3) is 0 Å². The first-order valence-electron chi connectivity index (χ1n) is 12.0. The molecule has 3 rings (SSSR count). The first-order chi connectivity index (χ1) is 16.8. The molecule has 0 radical (unpaired) electrons. The van der Waals surface area contributed by atoms with E-state index in [2.05, 4.69) is 16.0 Å². The van der Waals surface area contributed by atoms with E-state index in [0.717, 1.165) is 0 Å². The van der Waals surface area contributed by atoms with Crippen LogP contribution >= 0.6 is 0 Å². The first kappa shape index (κ1) is 27.1. The molecule has 0 heterocycles. The van der Waals surface area contributed by atoms with Crippen LogP contribution in [0.1, 0.15) is 47.5 Å². The molecular formula is C25H35N3O8. The van der Waals surface area contributed by atoms with Gasteiger partial charge in [0.25, 0.3) is 0 Å². The number of carbonyl (C=O) groups is 4. The molecule has 0 bridgehead atoms. The summed E-state index contributed by atoms with van der Waals surface area (Å²) in [6, 6.07) is 5.24. The number of carboxylic acid groups (broad SMARTS) is 2. The van der Waals surface area contributed by atoms with Gasteiger partial charge in [0.1, 0.15) is 11.4 Å². The minimum Gasteiger partial charge on any atom is -0.497 e. The van der Waals surface area contributed by atoms with Crippen LogP contribution in [0.15, 0.2) is 24.3 Å². The Kier molecular flexibility index (Phi) is 7.16. The largest absolute Gasteiger partial charge is 0.497 e. The van der Waals surface area contributed by atoms with Crippen LogP contribution in [0.3, 0.4) is 0 Å². The maximum absolute atomic E-state index is 13.0. The van der Waals surface area contributed by atoms with Gasteiger partial charge in [-0.25, -0.2) is 14.4 Å². The van der Waals surface area contributed by atoms with Gasteiger partial charge in [0.05, 0.1) is 13.0 Å². The number of fused-ring (bicyclic) bond motifs is 1. The number of carbonyl (C=O) groups excluding carboxylic acids is 2. The van der Waals surface area contributed by atoms with Gasteiger partial charge >= 0.3 is 24.1 Å². The SMILES string of the molecule is CCC1(CC)C(NC(=O)Nc2cccc(OC)c2)C2C(C(=O)O)C2C1(NC(=O)OC(C)(C)C)C(=O)O. The van der Waals surface area contributed by atoms with Gasteiger partial charge in [0.15, 0.2) is 5.54 Å². The molecular weight excluding hydrogens is 470 g/mol. The lowest BCUT2D eigenvalue weighted by atomic mass is 9.62. The van der Waals surface area contributed by atoms with E-state index in [1.54, 1.807) is 58.9 Å². The normalized spacial score (nSPS) is 27.8. The van der Waals surface area contributed by atoms with Crippen molar-refractivity contribution in [1.29, 1.82) is 0 Å². The standard InChI is InChI=1S/C25H35N3O8/c1-7-24(8-2)18(27-21(33)26-13-10-9-11-14(12-13)35-6)15-16(19(29)30)17(15)25(24,20(31)32)28-22(34)36-23(3,4)5/h9-12,15-18H,7-8H2,1-6H3,(H,28,34)(H,29,30)(H,31,32)(H2,26,27,33). The second-order valence-electron chi connectivity index (χ2n) is 10.4. The Morgan fingerprint density at radius 2 is 1.72 bits per heavy atom. The molecule has 1 aromatic carbocycles. The molecule has 1 aromatic rings. The summed E-state index contributed by atoms with van der Waals surface area (Å²) in [6.45, 7) is 8.48. The molecule has 0 spiro atoms. The zero-order valence-electron chi connectivity index (χ0n) is 21.4. The van der Waals surface area contributed by atoms with Crippen LogP contribution in [0.5, 0.6) is 5.75 Å². The molecule has 5 atom stereocenters. The van der Waals surface area contributed by atoms with Crippen LogP contribution in [-0.2, 0) is 14.3 Å². The minimum atomic E-state index is -1.96. The number of amides is 3. The molecule has 3 amide bonds. The highest BCUT2D eigenvalue weighted by molar-refractivity contribution is 5.93. The number of methoxy groups -OCH3 is 1. The molecule has 0 aliphatic heterocycles. The lowest BCUT2D eigenvalue weighted by molar-refractivity contribution is -0.155. The zero-order valence-corrected chi connectivity index (χ0v) is 21.4. The highest BCUT2D eigenvalue weighted by Crippen LogP contribution is 2.71. The molecule has 2 saturated carbocycles. The lowest BCUT2D eigenvalue weighted by Gasteiger charge is -2.48. The minimum absolute atomic E-state index is 0.259. The summed E-state index contributed by atoms with van der Waals surface area (Å²) < 4.78 is 10.5. The van der Waals surface area contributed by atoms with Gasteiger partial charge in [-0.1, -0.05) is 19.9 Å². The maximum atomic E-state index is 13.0. The molecule has 5 unspecified atom stereocenters. The van der Waals surface area contributed by atoms with Crippen molar-refractivity contribution in [2.75, 3.05) is 12.4 Å². The predicted molar refractivity (Wildman–Crippen MR) is 130 cm³/mol. The fraction of sp³-hybridized carbons (Fsp3) is 0.600. The molecule has 198 valence electrons. The Morgan fingerprint density at radius 3 is 2.22 bits per heavy atom. The third kappa shape index (κ3) is 4.42. The topological polar surface area (TPSA) is 163 Å². The van der Waals surface area contributed by atoms with Gasteiger partial charge in [-0.3, -0.25) is 4.79 Å². The van der Waals surface area contributed by atoms with Crippen LogP contribution < -0.4 is 20.7 Å². The summed E-state index contributed by atoms with van der Waals surface area (Å²) in [5.74, 6) is -4.67. The average Bonchev–Trinajstić information content (AvgIpc) is 3.48. The number of hydrogen-bond donors (Lipinski definition) is 5. The lowest BCUT2D eigenvalue weighted by Crippen LogP contribution is -2.69. The van der Waals surface area contributed by atoms with Gasteiger partial charge in [0.2, 0.25) is 0 Å². The highest BCUT2D eigenvalue weighted by atomic mass is 16.6. The van der Waals surface area contributed by atoms with Gasteiger partial charge in [-0.05, 0) is 51.7 Å². The number of anilines is 1. The number of carboxylic acids is 2. The van der Waals surface area contributed by atoms with Gasteiger partial charge < -0.3 is 35.6 Å². The van der Waals surface area contributed by atoms with E-state index in [1.807, 2.05) is 0 Å². The summed E-state index contributed by atoms with van der Waals surface area (Å²) in [6.07, 6.45) is -0.433. The van der Waals surface area contributed by atoms with Crippen molar-refractivity contribution in [2.24, 2.45) is 23.2 Å². The van der Waals surface area contributed by atoms with Crippen LogP contribution in [0.2, 0.25) is 0 Å². The predicted octanol–water partition coefficient (Wildman–Crippen LogP) is 3.30. The highest BCUT2D eigenvalue weighted by Gasteiger charge is 2.84. The number of aliphatic carboxylic acids is 2. The molecule has 5 N–H and O–H groups in total. The fourth-order valence-electron chi connectivity index (χ4n) is 6.14. The van der Waals surface area contributed by atoms with E-state index < -0.39 is 64.4 Å². The van der Waals surface area contributed by atoms with Crippen molar-refractivity contribution in [2.45, 2.75) is 64.6 Å². The summed E-state index contributed by atoms with van der Waals surface area (Å²) in [5, 5.41) is 28.6. The van der Waals surface area contributed by atoms with Crippen molar-refractivity contribution in [3.8, 4) is 5.75 Å². The van der Waals surface area contributed by atoms with E-state index in [0.29, 0.717) is 11.4 Å². The zero-order chi connectivity index (χ0) is 27.1. The van der Waals surface area contributed by atoms with Crippen molar-refractivity contribution in [3.63, 3.8) is 0 Å². The molecule has 11 heteroatoms. The molecule has 2 aliphatic carbocycles. The Labute approximate surface area is 209 Å². The summed E-state index contributed by atoms with van der Waals surface area (Å²) in [4.78, 5) is 51.0. The van der Waals surface area contributed by atoms with Gasteiger partial charge in [0, 0.05) is 29.1 Å².